The maximum Gasteiger partial charge on any atom is 0.410 e. The highest BCUT2D eigenvalue weighted by Gasteiger charge is 2.38. The van der Waals surface area contributed by atoms with Gasteiger partial charge in [0.15, 0.2) is 0 Å². The van der Waals surface area contributed by atoms with Crippen LogP contribution in [0.15, 0.2) is 36.7 Å². The zero-order valence-corrected chi connectivity index (χ0v) is 20.8. The molecule has 2 aliphatic rings. The van der Waals surface area contributed by atoms with Gasteiger partial charge in [0, 0.05) is 32.7 Å². The van der Waals surface area contributed by atoms with E-state index in [4.69, 9.17) is 9.47 Å². The molecule has 1 aliphatic carbocycles. The Bertz CT molecular complexity index is 1030. The average Bonchev–Trinajstić information content (AvgIpc) is 3.62. The van der Waals surface area contributed by atoms with E-state index in [1.165, 1.54) is 5.56 Å². The van der Waals surface area contributed by atoms with E-state index in [1.807, 2.05) is 37.8 Å². The van der Waals surface area contributed by atoms with Crippen LogP contribution < -0.4 is 20.3 Å². The SMILES string of the molecule is COc1cccc([C@@H]2C[C@H]2CNC(=O)Nc2cnc(N3CCN(C(=O)OC(C)(C)C)CC3)nc2)c1. The first kappa shape index (κ1) is 24.6. The Labute approximate surface area is 206 Å². The maximum absolute atomic E-state index is 12.3. The van der Waals surface area contributed by atoms with E-state index >= 15 is 0 Å². The second-order valence-electron chi connectivity index (χ2n) is 9.94. The van der Waals surface area contributed by atoms with Crippen molar-refractivity contribution < 1.29 is 19.1 Å². The van der Waals surface area contributed by atoms with E-state index in [1.54, 1.807) is 24.4 Å². The fourth-order valence-corrected chi connectivity index (χ4v) is 4.12. The second-order valence-corrected chi connectivity index (χ2v) is 9.94. The normalized spacial score (nSPS) is 19.7. The number of amides is 3. The highest BCUT2D eigenvalue weighted by molar-refractivity contribution is 5.88. The molecule has 35 heavy (non-hydrogen) atoms. The van der Waals surface area contributed by atoms with Gasteiger partial charge >= 0.3 is 12.1 Å². The van der Waals surface area contributed by atoms with Crippen molar-refractivity contribution in [2.45, 2.75) is 38.7 Å². The molecule has 10 heteroatoms. The highest BCUT2D eigenvalue weighted by atomic mass is 16.6. The van der Waals surface area contributed by atoms with Crippen LogP contribution >= 0.6 is 0 Å². The van der Waals surface area contributed by atoms with Crippen LogP contribution in [0.25, 0.3) is 0 Å². The molecule has 3 amide bonds. The molecule has 0 unspecified atom stereocenters. The van der Waals surface area contributed by atoms with Gasteiger partial charge in [0.05, 0.1) is 25.2 Å². The molecule has 2 fully saturated rings. The number of nitrogens with one attached hydrogen (secondary N) is 2. The number of carbonyl (C=O) groups excluding carboxylic acids is 2. The van der Waals surface area contributed by atoms with Gasteiger partial charge in [0.25, 0.3) is 0 Å². The van der Waals surface area contributed by atoms with Gasteiger partial charge in [-0.2, -0.15) is 0 Å². The van der Waals surface area contributed by atoms with Crippen LogP contribution in [0.1, 0.15) is 38.7 Å². The summed E-state index contributed by atoms with van der Waals surface area (Å²) in [5.41, 5.74) is 1.26. The van der Waals surface area contributed by atoms with Gasteiger partial charge in [-0.1, -0.05) is 12.1 Å². The van der Waals surface area contributed by atoms with E-state index in [-0.39, 0.29) is 12.1 Å². The Morgan fingerprint density at radius 3 is 2.49 bits per heavy atom. The molecule has 2 heterocycles. The van der Waals surface area contributed by atoms with Gasteiger partial charge in [-0.3, -0.25) is 0 Å². The number of urea groups is 1. The average molecular weight is 483 g/mol. The zero-order valence-electron chi connectivity index (χ0n) is 20.8. The summed E-state index contributed by atoms with van der Waals surface area (Å²) in [4.78, 5) is 37.0. The minimum Gasteiger partial charge on any atom is -0.497 e. The predicted octanol–water partition coefficient (Wildman–Crippen LogP) is 3.47. The smallest absolute Gasteiger partial charge is 0.410 e. The number of carbonyl (C=O) groups is 2. The van der Waals surface area contributed by atoms with Crippen molar-refractivity contribution in [2.75, 3.05) is 50.1 Å². The number of rotatable bonds is 6. The summed E-state index contributed by atoms with van der Waals surface area (Å²) in [7, 11) is 1.66. The molecule has 0 bridgehead atoms. The summed E-state index contributed by atoms with van der Waals surface area (Å²) >= 11 is 0. The number of benzene rings is 1. The summed E-state index contributed by atoms with van der Waals surface area (Å²) in [5.74, 6) is 2.29. The maximum atomic E-state index is 12.3. The first-order valence-corrected chi connectivity index (χ1v) is 12.0. The Morgan fingerprint density at radius 2 is 1.83 bits per heavy atom. The van der Waals surface area contributed by atoms with Crippen LogP contribution in [0.3, 0.4) is 0 Å². The van der Waals surface area contributed by atoms with Gasteiger partial charge in [-0.15, -0.1) is 0 Å². The second kappa shape index (κ2) is 10.4. The topological polar surface area (TPSA) is 109 Å². The van der Waals surface area contributed by atoms with Crippen molar-refractivity contribution in [2.24, 2.45) is 5.92 Å². The lowest BCUT2D eigenvalue weighted by molar-refractivity contribution is 0.0240. The Morgan fingerprint density at radius 1 is 1.11 bits per heavy atom. The number of piperazine rings is 1. The Kier molecular flexibility index (Phi) is 7.28. The summed E-state index contributed by atoms with van der Waals surface area (Å²) in [6.45, 7) is 8.48. The number of methoxy groups -OCH3 is 1. The molecule has 1 saturated carbocycles. The Hall–Kier alpha value is -3.56. The van der Waals surface area contributed by atoms with Gasteiger partial charge in [0.2, 0.25) is 5.95 Å². The number of aromatic nitrogens is 2. The summed E-state index contributed by atoms with van der Waals surface area (Å²) < 4.78 is 10.7. The van der Waals surface area contributed by atoms with E-state index < -0.39 is 5.60 Å². The lowest BCUT2D eigenvalue weighted by Crippen LogP contribution is -2.50. The minimum absolute atomic E-state index is 0.274. The molecule has 2 atom stereocenters. The fourth-order valence-electron chi connectivity index (χ4n) is 4.12. The largest absolute Gasteiger partial charge is 0.497 e. The van der Waals surface area contributed by atoms with Crippen LogP contribution in [0.4, 0.5) is 21.2 Å². The fraction of sp³-hybridized carbons (Fsp3) is 0.520. The number of hydrogen-bond donors (Lipinski definition) is 2. The van der Waals surface area contributed by atoms with E-state index in [0.29, 0.717) is 56.2 Å². The van der Waals surface area contributed by atoms with Crippen LogP contribution in [-0.2, 0) is 4.74 Å². The molecule has 4 rings (SSSR count). The van der Waals surface area contributed by atoms with Gasteiger partial charge in [-0.25, -0.2) is 19.6 Å². The molecule has 10 nitrogen and oxygen atoms in total. The molecule has 2 N–H and O–H groups in total. The molecule has 0 radical (unpaired) electrons. The lowest BCUT2D eigenvalue weighted by Gasteiger charge is -2.35. The van der Waals surface area contributed by atoms with Crippen molar-refractivity contribution >= 4 is 23.8 Å². The van der Waals surface area contributed by atoms with Gasteiger partial charge in [-0.05, 0) is 56.7 Å². The Balaban J connectivity index is 1.19. The third kappa shape index (κ3) is 6.74. The van der Waals surface area contributed by atoms with E-state index in [9.17, 15) is 9.59 Å². The number of nitrogens with zero attached hydrogens (tertiary/aromatic N) is 4. The number of anilines is 2. The molecule has 0 spiro atoms. The van der Waals surface area contributed by atoms with Crippen LogP contribution in [0.2, 0.25) is 0 Å². The minimum atomic E-state index is -0.511. The van der Waals surface area contributed by atoms with Crippen molar-refractivity contribution in [3.63, 3.8) is 0 Å². The van der Waals surface area contributed by atoms with Crippen molar-refractivity contribution in [3.8, 4) is 5.75 Å². The number of ether oxygens (including phenoxy) is 2. The van der Waals surface area contributed by atoms with Gasteiger partial charge in [0.1, 0.15) is 11.4 Å². The molecule has 188 valence electrons. The van der Waals surface area contributed by atoms with E-state index in [2.05, 4.69) is 32.7 Å². The zero-order chi connectivity index (χ0) is 25.0. The van der Waals surface area contributed by atoms with Crippen molar-refractivity contribution in [1.29, 1.82) is 0 Å². The summed E-state index contributed by atoms with van der Waals surface area (Å²) in [6.07, 6.45) is 3.94. The highest BCUT2D eigenvalue weighted by Crippen LogP contribution is 2.47. The van der Waals surface area contributed by atoms with Crippen molar-refractivity contribution in [3.05, 3.63) is 42.2 Å². The van der Waals surface area contributed by atoms with E-state index in [0.717, 1.165) is 12.2 Å². The first-order chi connectivity index (χ1) is 16.7. The van der Waals surface area contributed by atoms with Crippen LogP contribution in [-0.4, -0.2) is 72.4 Å². The third-order valence-electron chi connectivity index (χ3n) is 6.08. The lowest BCUT2D eigenvalue weighted by atomic mass is 10.1. The molecule has 1 aromatic heterocycles. The van der Waals surface area contributed by atoms with Gasteiger partial charge < -0.3 is 29.9 Å². The quantitative estimate of drug-likeness (QED) is 0.649. The predicted molar refractivity (Wildman–Crippen MR) is 133 cm³/mol. The molecule has 1 aliphatic heterocycles. The molecular weight excluding hydrogens is 448 g/mol. The molecule has 1 saturated heterocycles. The van der Waals surface area contributed by atoms with Crippen LogP contribution in [0.5, 0.6) is 5.75 Å². The molecule has 1 aromatic carbocycles. The summed E-state index contributed by atoms with van der Waals surface area (Å²) in [6, 6.07) is 7.81. The third-order valence-corrected chi connectivity index (χ3v) is 6.08. The number of hydrogen-bond acceptors (Lipinski definition) is 7. The van der Waals surface area contributed by atoms with Crippen LogP contribution in [0, 0.1) is 5.92 Å². The molecule has 2 aromatic rings. The first-order valence-electron chi connectivity index (χ1n) is 12.0. The summed E-state index contributed by atoms with van der Waals surface area (Å²) in [5, 5.41) is 5.72. The van der Waals surface area contributed by atoms with Crippen molar-refractivity contribution in [1.82, 2.24) is 20.2 Å². The molecular formula is C25H34N6O4. The standard InChI is InChI=1S/C25H34N6O4/c1-25(2,3)35-24(33)31-10-8-30(9-11-31)22-26-15-19(16-27-22)29-23(32)28-14-18-13-21(18)17-6-5-7-20(12-17)34-4/h5-7,12,15-16,18,21H,8-11,13-14H2,1-4H3,(H2,28,29,32)/t18-,21-/m0/s1. The monoisotopic (exact) mass is 482 g/mol.